The molecule has 8 nitrogen and oxygen atoms in total. The molecule has 2 aliphatic rings. The first-order valence-corrected chi connectivity index (χ1v) is 15.6. The molecule has 0 spiro atoms. The number of hydrogen-bond acceptors (Lipinski definition) is 8. The highest BCUT2D eigenvalue weighted by molar-refractivity contribution is 6.35. The maximum Gasteiger partial charge on any atom is 0.139 e. The Labute approximate surface area is 267 Å². The van der Waals surface area contributed by atoms with Gasteiger partial charge >= 0.3 is 0 Å². The summed E-state index contributed by atoms with van der Waals surface area (Å²) in [6, 6.07) is 23.1. The van der Waals surface area contributed by atoms with Crippen LogP contribution >= 0.6 is 11.6 Å². The van der Waals surface area contributed by atoms with Crippen LogP contribution in [0.15, 0.2) is 110 Å². The van der Waals surface area contributed by atoms with Gasteiger partial charge < -0.3 is 19.6 Å². The van der Waals surface area contributed by atoms with Crippen molar-refractivity contribution >= 4 is 44.8 Å². The van der Waals surface area contributed by atoms with Crippen molar-refractivity contribution in [2.45, 2.75) is 25.7 Å². The zero-order chi connectivity index (χ0) is 30.8. The number of ether oxygens (including phenoxy) is 1. The standard InChI is InChI=1S/C18H17N3O.C10H13NO.C8H5ClN2/c1-2-12-21(11-1)14-3-5-15(6-4-14)22-18-8-10-20-17-7-9-19-13-16(17)18;12-10-5-3-9(4-6-10)11-7-1-2-8-11;9-7-1-4-11-8-2-3-10-5-6(7)8/h3-10,13H,1-2,11-12H2;3-6,12H,1-2,7-8H2;1-5H. The molecular weight excluding hydrogens is 584 g/mol. The van der Waals surface area contributed by atoms with Crippen molar-refractivity contribution in [2.24, 2.45) is 0 Å². The van der Waals surface area contributed by atoms with Crippen LogP contribution in [0.5, 0.6) is 17.2 Å². The Kier molecular flexibility index (Phi) is 9.82. The summed E-state index contributed by atoms with van der Waals surface area (Å²) in [6.07, 6.45) is 15.5. The normalized spacial score (nSPS) is 14.1. The van der Waals surface area contributed by atoms with E-state index in [9.17, 15) is 0 Å². The lowest BCUT2D eigenvalue weighted by atomic mass is 10.2. The predicted octanol–water partition coefficient (Wildman–Crippen LogP) is 8.30. The second-order valence-corrected chi connectivity index (χ2v) is 11.3. The molecule has 4 aromatic heterocycles. The Hall–Kier alpha value is -4.95. The molecule has 0 unspecified atom stereocenters. The van der Waals surface area contributed by atoms with Gasteiger partial charge in [0.15, 0.2) is 0 Å². The van der Waals surface area contributed by atoms with Crippen molar-refractivity contribution in [2.75, 3.05) is 36.0 Å². The molecule has 2 aliphatic heterocycles. The Balaban J connectivity index is 0.000000131. The number of anilines is 2. The highest BCUT2D eigenvalue weighted by Gasteiger charge is 2.13. The van der Waals surface area contributed by atoms with Gasteiger partial charge in [-0.2, -0.15) is 0 Å². The number of benzene rings is 2. The van der Waals surface area contributed by atoms with Crippen LogP contribution in [-0.4, -0.2) is 51.2 Å². The van der Waals surface area contributed by atoms with Crippen LogP contribution < -0.4 is 14.5 Å². The van der Waals surface area contributed by atoms with Crippen LogP contribution in [0.1, 0.15) is 25.7 Å². The molecule has 2 aromatic carbocycles. The van der Waals surface area contributed by atoms with Crippen molar-refractivity contribution < 1.29 is 9.84 Å². The molecule has 8 rings (SSSR count). The fourth-order valence-electron chi connectivity index (χ4n) is 5.48. The molecule has 6 aromatic rings. The van der Waals surface area contributed by atoms with Crippen molar-refractivity contribution in [3.8, 4) is 17.2 Å². The van der Waals surface area contributed by atoms with Gasteiger partial charge in [-0.15, -0.1) is 0 Å². The number of hydrogen-bond donors (Lipinski definition) is 1. The van der Waals surface area contributed by atoms with Gasteiger partial charge in [-0.05, 0) is 98.5 Å². The summed E-state index contributed by atoms with van der Waals surface area (Å²) in [7, 11) is 0. The summed E-state index contributed by atoms with van der Waals surface area (Å²) in [5, 5.41) is 11.6. The van der Waals surface area contributed by atoms with E-state index in [0.29, 0.717) is 10.8 Å². The molecule has 0 bridgehead atoms. The van der Waals surface area contributed by atoms with Gasteiger partial charge in [-0.1, -0.05) is 11.6 Å². The number of halogens is 1. The smallest absolute Gasteiger partial charge is 0.139 e. The van der Waals surface area contributed by atoms with Crippen LogP contribution in [-0.2, 0) is 0 Å². The number of phenolic OH excluding ortho intramolecular Hbond substituents is 1. The van der Waals surface area contributed by atoms with Gasteiger partial charge in [0.1, 0.15) is 17.2 Å². The quantitative estimate of drug-likeness (QED) is 0.211. The molecule has 0 radical (unpaired) electrons. The zero-order valence-electron chi connectivity index (χ0n) is 25.0. The van der Waals surface area contributed by atoms with E-state index < -0.39 is 0 Å². The summed E-state index contributed by atoms with van der Waals surface area (Å²) in [4.78, 5) is 21.3. The third kappa shape index (κ3) is 7.77. The molecule has 0 saturated carbocycles. The fourth-order valence-corrected chi connectivity index (χ4v) is 5.68. The Morgan fingerprint density at radius 3 is 1.67 bits per heavy atom. The molecule has 2 saturated heterocycles. The minimum absolute atomic E-state index is 0.345. The SMILES string of the molecule is Clc1ccnc2ccncc12.Oc1ccc(N2CCCC2)cc1.c1cc2nccc(Oc3ccc(N4CCCC4)cc3)c2cn1. The van der Waals surface area contributed by atoms with Gasteiger partial charge in [-0.3, -0.25) is 19.9 Å². The average Bonchev–Trinajstić information content (AvgIpc) is 3.83. The largest absolute Gasteiger partial charge is 0.508 e. The number of aromatic nitrogens is 4. The number of phenols is 1. The Morgan fingerprint density at radius 2 is 1.09 bits per heavy atom. The van der Waals surface area contributed by atoms with E-state index in [4.69, 9.17) is 21.4 Å². The number of nitrogens with zero attached hydrogens (tertiary/aromatic N) is 6. The van der Waals surface area contributed by atoms with Crippen LogP contribution in [0.25, 0.3) is 21.8 Å². The van der Waals surface area contributed by atoms with Gasteiger partial charge in [0.25, 0.3) is 0 Å². The van der Waals surface area contributed by atoms with Crippen molar-refractivity contribution in [1.29, 1.82) is 0 Å². The predicted molar refractivity (Wildman–Crippen MR) is 182 cm³/mol. The molecule has 228 valence electrons. The molecule has 9 heteroatoms. The second-order valence-electron chi connectivity index (χ2n) is 10.9. The Morgan fingerprint density at radius 1 is 0.578 bits per heavy atom. The molecule has 45 heavy (non-hydrogen) atoms. The topological polar surface area (TPSA) is 87.5 Å². The summed E-state index contributed by atoms with van der Waals surface area (Å²) >= 11 is 5.88. The first kappa shape index (κ1) is 30.1. The molecule has 6 heterocycles. The van der Waals surface area contributed by atoms with Crippen LogP contribution in [0.2, 0.25) is 5.02 Å². The molecular formula is C36H35ClN6O2. The zero-order valence-corrected chi connectivity index (χ0v) is 25.7. The third-order valence-electron chi connectivity index (χ3n) is 7.85. The second kappa shape index (κ2) is 14.7. The van der Waals surface area contributed by atoms with E-state index in [0.717, 1.165) is 59.5 Å². The lowest BCUT2D eigenvalue weighted by molar-refractivity contribution is 0.475. The average molecular weight is 619 g/mol. The highest BCUT2D eigenvalue weighted by Crippen LogP contribution is 2.30. The molecule has 2 fully saturated rings. The van der Waals surface area contributed by atoms with Crippen LogP contribution in [0.4, 0.5) is 11.4 Å². The van der Waals surface area contributed by atoms with E-state index in [1.165, 1.54) is 37.1 Å². The summed E-state index contributed by atoms with van der Waals surface area (Å²) < 4.78 is 6.01. The van der Waals surface area contributed by atoms with E-state index in [-0.39, 0.29) is 0 Å². The van der Waals surface area contributed by atoms with Crippen molar-refractivity contribution in [3.05, 3.63) is 115 Å². The van der Waals surface area contributed by atoms with E-state index in [1.807, 2.05) is 42.5 Å². The first-order chi connectivity index (χ1) is 22.1. The van der Waals surface area contributed by atoms with Gasteiger partial charge in [-0.25, -0.2) is 0 Å². The Bertz CT molecular complexity index is 1810. The monoisotopic (exact) mass is 618 g/mol. The van der Waals surface area contributed by atoms with Crippen molar-refractivity contribution in [3.63, 3.8) is 0 Å². The highest BCUT2D eigenvalue weighted by atomic mass is 35.5. The third-order valence-corrected chi connectivity index (χ3v) is 8.18. The summed E-state index contributed by atoms with van der Waals surface area (Å²) in [5.74, 6) is 1.96. The van der Waals surface area contributed by atoms with Crippen LogP contribution in [0, 0.1) is 0 Å². The van der Waals surface area contributed by atoms with Gasteiger partial charge in [0, 0.05) is 80.1 Å². The van der Waals surface area contributed by atoms with Gasteiger partial charge in [0.2, 0.25) is 0 Å². The molecule has 0 atom stereocenters. The van der Waals surface area contributed by atoms with Crippen LogP contribution in [0.3, 0.4) is 0 Å². The lowest BCUT2D eigenvalue weighted by Crippen LogP contribution is -2.17. The maximum atomic E-state index is 9.08. The first-order valence-electron chi connectivity index (χ1n) is 15.2. The van der Waals surface area contributed by atoms with Gasteiger partial charge in [0.05, 0.1) is 21.4 Å². The minimum Gasteiger partial charge on any atom is -0.508 e. The summed E-state index contributed by atoms with van der Waals surface area (Å²) in [5.41, 5.74) is 4.27. The molecule has 0 aliphatic carbocycles. The van der Waals surface area contributed by atoms with E-state index in [2.05, 4.69) is 41.9 Å². The minimum atomic E-state index is 0.345. The van der Waals surface area contributed by atoms with Crippen molar-refractivity contribution in [1.82, 2.24) is 19.9 Å². The number of aromatic hydroxyl groups is 1. The maximum absolute atomic E-state index is 9.08. The summed E-state index contributed by atoms with van der Waals surface area (Å²) in [6.45, 7) is 4.62. The molecule has 1 N–H and O–H groups in total. The number of rotatable bonds is 4. The fraction of sp³-hybridized carbons (Fsp3) is 0.222. The van der Waals surface area contributed by atoms with E-state index in [1.54, 1.807) is 55.4 Å². The lowest BCUT2D eigenvalue weighted by Gasteiger charge is -2.17. The molecule has 0 amide bonds. The number of fused-ring (bicyclic) bond motifs is 2. The van der Waals surface area contributed by atoms with E-state index >= 15 is 0 Å². The number of pyridine rings is 4.